The minimum atomic E-state index is -0.535. The molecule has 0 saturated carbocycles. The van der Waals surface area contributed by atoms with Crippen molar-refractivity contribution in [1.29, 1.82) is 5.26 Å². The predicted octanol–water partition coefficient (Wildman–Crippen LogP) is 4.42. The predicted molar refractivity (Wildman–Crippen MR) is 182 cm³/mol. The minimum Gasteiger partial charge on any atom is -0.457 e. The van der Waals surface area contributed by atoms with Crippen LogP contribution in [0.1, 0.15) is 32.7 Å². The van der Waals surface area contributed by atoms with E-state index in [0.29, 0.717) is 66.8 Å². The second-order valence-corrected chi connectivity index (χ2v) is 13.4. The largest absolute Gasteiger partial charge is 0.457 e. The molecule has 2 N–H and O–H groups in total. The van der Waals surface area contributed by atoms with Crippen molar-refractivity contribution in [2.75, 3.05) is 58.2 Å². The number of anilines is 1. The summed E-state index contributed by atoms with van der Waals surface area (Å²) in [5, 5.41) is 15.5. The van der Waals surface area contributed by atoms with Gasteiger partial charge in [0, 0.05) is 62.5 Å². The average molecular weight is 666 g/mol. The van der Waals surface area contributed by atoms with Gasteiger partial charge >= 0.3 is 0 Å². The molecule has 3 aliphatic rings. The molecule has 0 bridgehead atoms. The molecule has 2 aromatic carbocycles. The lowest BCUT2D eigenvalue weighted by atomic mass is 9.95. The normalized spacial score (nSPS) is 20.9. The number of nitrogens with two attached hydrogens (primary N) is 1. The highest BCUT2D eigenvalue weighted by Gasteiger charge is 2.37. The number of nitrogens with zero attached hydrogens (tertiary/aromatic N) is 8. The summed E-state index contributed by atoms with van der Waals surface area (Å²) >= 11 is 0. The summed E-state index contributed by atoms with van der Waals surface area (Å²) in [6.07, 6.45) is 4.57. The highest BCUT2D eigenvalue weighted by Crippen LogP contribution is 2.36. The smallest absolute Gasteiger partial charge is 0.264 e. The summed E-state index contributed by atoms with van der Waals surface area (Å²) in [7, 11) is 0. The molecule has 13 heteroatoms. The maximum atomic E-state index is 15.7. The molecule has 4 aromatic rings. The molecule has 254 valence electrons. The van der Waals surface area contributed by atoms with Crippen molar-refractivity contribution in [2.45, 2.75) is 44.3 Å². The number of piperidine rings is 1. The number of carbonyl (C=O) groups is 1. The Balaban J connectivity index is 1.13. The average Bonchev–Trinajstić information content (AvgIpc) is 3.51. The Hall–Kier alpha value is -4.90. The lowest BCUT2D eigenvalue weighted by molar-refractivity contribution is -0.128. The van der Waals surface area contributed by atoms with Gasteiger partial charge in [0.2, 0.25) is 0 Å². The Morgan fingerprint density at radius 1 is 1.08 bits per heavy atom. The van der Waals surface area contributed by atoms with Gasteiger partial charge in [0.25, 0.3) is 5.91 Å². The fourth-order valence-corrected chi connectivity index (χ4v) is 7.18. The molecule has 3 saturated heterocycles. The van der Waals surface area contributed by atoms with Gasteiger partial charge in [-0.15, -0.1) is 0 Å². The first kappa shape index (κ1) is 32.6. The number of rotatable bonds is 7. The zero-order valence-corrected chi connectivity index (χ0v) is 27.8. The number of likely N-dealkylation sites (tertiary alicyclic amines) is 1. The van der Waals surface area contributed by atoms with Crippen molar-refractivity contribution in [3.63, 3.8) is 0 Å². The van der Waals surface area contributed by atoms with Crippen LogP contribution in [0.25, 0.3) is 22.3 Å². The van der Waals surface area contributed by atoms with Crippen LogP contribution in [0, 0.1) is 17.1 Å². The summed E-state index contributed by atoms with van der Waals surface area (Å²) in [6.45, 7) is 9.89. The van der Waals surface area contributed by atoms with E-state index in [1.54, 1.807) is 33.8 Å². The molecule has 3 aliphatic heterocycles. The Kier molecular flexibility index (Phi) is 9.02. The molecule has 3 fully saturated rings. The van der Waals surface area contributed by atoms with Gasteiger partial charge < -0.3 is 20.1 Å². The van der Waals surface area contributed by atoms with Crippen LogP contribution in [0.2, 0.25) is 0 Å². The molecule has 49 heavy (non-hydrogen) atoms. The first-order valence-electron chi connectivity index (χ1n) is 16.7. The number of amides is 1. The molecule has 0 spiro atoms. The van der Waals surface area contributed by atoms with Gasteiger partial charge in [-0.05, 0) is 57.0 Å². The lowest BCUT2D eigenvalue weighted by Gasteiger charge is -2.48. The zero-order chi connectivity index (χ0) is 34.1. The van der Waals surface area contributed by atoms with Gasteiger partial charge in [0.1, 0.15) is 46.8 Å². The second-order valence-electron chi connectivity index (χ2n) is 13.4. The van der Waals surface area contributed by atoms with Crippen LogP contribution in [-0.2, 0) is 9.53 Å². The van der Waals surface area contributed by atoms with E-state index in [4.69, 9.17) is 20.3 Å². The summed E-state index contributed by atoms with van der Waals surface area (Å²) in [6, 6.07) is 16.0. The van der Waals surface area contributed by atoms with Crippen LogP contribution >= 0.6 is 0 Å². The van der Waals surface area contributed by atoms with Gasteiger partial charge in [0.15, 0.2) is 5.65 Å². The van der Waals surface area contributed by atoms with Gasteiger partial charge in [-0.2, -0.15) is 10.4 Å². The van der Waals surface area contributed by atoms with Crippen molar-refractivity contribution < 1.29 is 18.7 Å². The summed E-state index contributed by atoms with van der Waals surface area (Å²) in [5.74, 6) is 0.264. The minimum absolute atomic E-state index is 0.116. The standard InChI is InChI=1S/C36H40FN9O3/c1-36(2,45-14-13-43-15-16-48-22-26(43)21-45)18-24(19-38)35(47)44-12-6-7-25(20-44)46-34-31(33(39)40-23-41-34)32(42-46)29-11-10-28(17-30(29)37)49-27-8-4-3-5-9-27/h3-5,8-11,17-18,23,25-26H,6-7,12-16,20-22H2,1-2H3,(H2,39,40,41)/b24-18+/t25-,26+/m1/s1. The molecule has 1 amide bonds. The number of para-hydroxylation sites is 1. The number of aromatic nitrogens is 4. The van der Waals surface area contributed by atoms with E-state index in [-0.39, 0.29) is 28.9 Å². The van der Waals surface area contributed by atoms with E-state index in [9.17, 15) is 10.1 Å². The third-order valence-corrected chi connectivity index (χ3v) is 9.82. The highest BCUT2D eigenvalue weighted by atomic mass is 19.1. The Morgan fingerprint density at radius 3 is 2.71 bits per heavy atom. The SMILES string of the molecule is CC(C)(/C=C(\C#N)C(=O)N1CCC[C@@H](n2nc(-c3ccc(Oc4ccccc4)cc3F)c3c(N)ncnc32)C1)N1CCN2CCOC[C@@H]2C1. The number of carbonyl (C=O) groups excluding carboxylic acids is 1. The van der Waals surface area contributed by atoms with E-state index in [0.717, 1.165) is 32.8 Å². The molecular weight excluding hydrogens is 625 g/mol. The van der Waals surface area contributed by atoms with E-state index in [1.807, 2.05) is 24.3 Å². The van der Waals surface area contributed by atoms with Gasteiger partial charge in [-0.1, -0.05) is 18.2 Å². The Bertz CT molecular complexity index is 1920. The first-order chi connectivity index (χ1) is 23.7. The fourth-order valence-electron chi connectivity index (χ4n) is 7.18. The summed E-state index contributed by atoms with van der Waals surface area (Å²) in [4.78, 5) is 29.1. The number of nitrogen functional groups attached to an aromatic ring is 1. The van der Waals surface area contributed by atoms with Crippen LogP contribution in [0.4, 0.5) is 10.2 Å². The highest BCUT2D eigenvalue weighted by molar-refractivity contribution is 5.99. The molecule has 0 radical (unpaired) electrons. The van der Waals surface area contributed by atoms with Crippen molar-refractivity contribution in [2.24, 2.45) is 0 Å². The van der Waals surface area contributed by atoms with Crippen LogP contribution < -0.4 is 10.5 Å². The molecule has 2 atom stereocenters. The third-order valence-electron chi connectivity index (χ3n) is 9.82. The molecule has 5 heterocycles. The van der Waals surface area contributed by atoms with Crippen molar-refractivity contribution in [3.05, 3.63) is 72.3 Å². The number of benzene rings is 2. The zero-order valence-electron chi connectivity index (χ0n) is 27.8. The summed E-state index contributed by atoms with van der Waals surface area (Å²) in [5.41, 5.74) is 6.93. The number of ether oxygens (including phenoxy) is 2. The number of hydrogen-bond acceptors (Lipinski definition) is 10. The number of piperazine rings is 1. The number of morpholine rings is 1. The van der Waals surface area contributed by atoms with E-state index < -0.39 is 11.4 Å². The van der Waals surface area contributed by atoms with Crippen LogP contribution in [-0.4, -0.2) is 104 Å². The molecule has 0 unspecified atom stereocenters. The second kappa shape index (κ2) is 13.5. The number of fused-ring (bicyclic) bond motifs is 2. The fraction of sp³-hybridized carbons (Fsp3) is 0.417. The lowest BCUT2D eigenvalue weighted by Crippen LogP contribution is -2.61. The van der Waals surface area contributed by atoms with E-state index in [1.165, 1.54) is 12.4 Å². The van der Waals surface area contributed by atoms with Crippen molar-refractivity contribution >= 4 is 22.8 Å². The van der Waals surface area contributed by atoms with Gasteiger partial charge in [0.05, 0.1) is 24.6 Å². The monoisotopic (exact) mass is 665 g/mol. The van der Waals surface area contributed by atoms with E-state index >= 15 is 4.39 Å². The first-order valence-corrected chi connectivity index (χ1v) is 16.7. The third kappa shape index (κ3) is 6.59. The number of halogens is 1. The molecule has 7 rings (SSSR count). The van der Waals surface area contributed by atoms with Gasteiger partial charge in [-0.3, -0.25) is 14.6 Å². The van der Waals surface area contributed by atoms with Crippen LogP contribution in [0.3, 0.4) is 0 Å². The Labute approximate surface area is 284 Å². The molecular formula is C36H40FN9O3. The summed E-state index contributed by atoms with van der Waals surface area (Å²) < 4.78 is 28.9. The topological polar surface area (TPSA) is 139 Å². The van der Waals surface area contributed by atoms with E-state index in [2.05, 4.69) is 39.7 Å². The Morgan fingerprint density at radius 2 is 1.92 bits per heavy atom. The van der Waals surface area contributed by atoms with Crippen molar-refractivity contribution in [1.82, 2.24) is 34.4 Å². The van der Waals surface area contributed by atoms with Crippen LogP contribution in [0.15, 0.2) is 66.5 Å². The van der Waals surface area contributed by atoms with Gasteiger partial charge in [-0.25, -0.2) is 19.0 Å². The molecule has 2 aromatic heterocycles. The maximum Gasteiger partial charge on any atom is 0.264 e. The maximum absolute atomic E-state index is 15.7. The van der Waals surface area contributed by atoms with Crippen molar-refractivity contribution in [3.8, 4) is 28.8 Å². The number of hydrogen-bond donors (Lipinski definition) is 1. The number of nitriles is 1. The molecule has 12 nitrogen and oxygen atoms in total. The quantitative estimate of drug-likeness (QED) is 0.223. The molecule has 0 aliphatic carbocycles. The van der Waals surface area contributed by atoms with Crippen LogP contribution in [0.5, 0.6) is 11.5 Å².